The third-order valence-electron chi connectivity index (χ3n) is 2.99. The molecule has 0 saturated heterocycles. The second-order valence-electron chi connectivity index (χ2n) is 6.16. The van der Waals surface area contributed by atoms with Gasteiger partial charge in [-0.05, 0) is 33.6 Å². The van der Waals surface area contributed by atoms with E-state index >= 15 is 0 Å². The van der Waals surface area contributed by atoms with Crippen LogP contribution in [-0.4, -0.2) is 23.5 Å². The Morgan fingerprint density at radius 1 is 0.952 bits per heavy atom. The van der Waals surface area contributed by atoms with E-state index in [1.807, 2.05) is 6.92 Å². The van der Waals surface area contributed by atoms with Gasteiger partial charge in [-0.15, -0.1) is 0 Å². The monoisotopic (exact) mass is 300 g/mol. The molecule has 5 nitrogen and oxygen atoms in total. The zero-order chi connectivity index (χ0) is 16.5. The molecule has 5 heteroatoms. The van der Waals surface area contributed by atoms with Crippen molar-refractivity contribution in [3.8, 4) is 0 Å². The van der Waals surface area contributed by atoms with Crippen molar-refractivity contribution in [3.63, 3.8) is 0 Å². The fourth-order valence-electron chi connectivity index (χ4n) is 1.84. The summed E-state index contributed by atoms with van der Waals surface area (Å²) in [5, 5.41) is 0. The molecule has 21 heavy (non-hydrogen) atoms. The minimum absolute atomic E-state index is 0.340. The van der Waals surface area contributed by atoms with Crippen LogP contribution in [0.3, 0.4) is 0 Å². The first-order chi connectivity index (χ1) is 9.71. The molecule has 0 aromatic heterocycles. The summed E-state index contributed by atoms with van der Waals surface area (Å²) >= 11 is 0. The van der Waals surface area contributed by atoms with Gasteiger partial charge in [-0.3, -0.25) is 4.79 Å². The van der Waals surface area contributed by atoms with Gasteiger partial charge in [-0.1, -0.05) is 39.5 Å². The summed E-state index contributed by atoms with van der Waals surface area (Å²) < 4.78 is 9.48. The maximum atomic E-state index is 11.9. The maximum Gasteiger partial charge on any atom is 0.425 e. The van der Waals surface area contributed by atoms with E-state index in [-0.39, 0.29) is 5.92 Å². The smallest absolute Gasteiger partial charge is 0.425 e. The van der Waals surface area contributed by atoms with Gasteiger partial charge in [0.05, 0.1) is 5.92 Å². The van der Waals surface area contributed by atoms with Gasteiger partial charge < -0.3 is 9.47 Å². The minimum atomic E-state index is -1.23. The highest BCUT2D eigenvalue weighted by atomic mass is 16.6. The topological polar surface area (TPSA) is 69.7 Å². The van der Waals surface area contributed by atoms with Gasteiger partial charge in [-0.2, -0.15) is 0 Å². The number of rotatable bonds is 7. The molecule has 0 aliphatic heterocycles. The van der Waals surface area contributed by atoms with Crippen molar-refractivity contribution >= 4 is 17.9 Å². The highest BCUT2D eigenvalue weighted by Crippen LogP contribution is 2.16. The molecule has 0 aromatic carbocycles. The molecule has 0 spiro atoms. The zero-order valence-electron chi connectivity index (χ0n) is 13.9. The molecule has 1 unspecified atom stereocenters. The van der Waals surface area contributed by atoms with Crippen molar-refractivity contribution in [1.29, 1.82) is 0 Å². The van der Waals surface area contributed by atoms with Crippen molar-refractivity contribution < 1.29 is 23.9 Å². The summed E-state index contributed by atoms with van der Waals surface area (Å²) in [6.07, 6.45) is 5.49. The molecule has 0 aliphatic carbocycles. The van der Waals surface area contributed by atoms with Crippen LogP contribution >= 0.6 is 0 Å². The van der Waals surface area contributed by atoms with Crippen molar-refractivity contribution in [2.45, 2.75) is 78.7 Å². The van der Waals surface area contributed by atoms with Crippen LogP contribution in [0.25, 0.3) is 0 Å². The minimum Gasteiger partial charge on any atom is -0.452 e. The molecular formula is C16H28O5. The van der Waals surface area contributed by atoms with Crippen molar-refractivity contribution in [3.05, 3.63) is 0 Å². The molecule has 0 saturated carbocycles. The van der Waals surface area contributed by atoms with Crippen LogP contribution in [0, 0.1) is 5.92 Å². The molecule has 0 rings (SSSR count). The van der Waals surface area contributed by atoms with E-state index in [0.717, 1.165) is 25.7 Å². The fourth-order valence-corrected chi connectivity index (χ4v) is 1.84. The maximum absolute atomic E-state index is 11.9. The number of carbonyl (C=O) groups excluding carboxylic acids is 3. The molecule has 122 valence electrons. The SMILES string of the molecule is CCCCCCC(CC)C(=O)OC(=O)C(=O)OC(C)(C)C. The summed E-state index contributed by atoms with van der Waals surface area (Å²) in [5.41, 5.74) is -0.788. The van der Waals surface area contributed by atoms with Crippen LogP contribution in [0.15, 0.2) is 0 Å². The molecular weight excluding hydrogens is 272 g/mol. The van der Waals surface area contributed by atoms with E-state index < -0.39 is 23.5 Å². The lowest BCUT2D eigenvalue weighted by atomic mass is 9.98. The van der Waals surface area contributed by atoms with Crippen LogP contribution in [0.4, 0.5) is 0 Å². The summed E-state index contributed by atoms with van der Waals surface area (Å²) in [5.74, 6) is -3.34. The summed E-state index contributed by atoms with van der Waals surface area (Å²) in [7, 11) is 0. The Balaban J connectivity index is 4.30. The lowest BCUT2D eigenvalue weighted by Gasteiger charge is -2.19. The molecule has 0 fully saturated rings. The van der Waals surface area contributed by atoms with Gasteiger partial charge in [0.1, 0.15) is 5.60 Å². The Kier molecular flexibility index (Phi) is 8.90. The molecule has 0 radical (unpaired) electrons. The predicted molar refractivity (Wildman–Crippen MR) is 79.5 cm³/mol. The molecule has 0 heterocycles. The highest BCUT2D eigenvalue weighted by Gasteiger charge is 2.28. The van der Waals surface area contributed by atoms with Crippen LogP contribution in [-0.2, 0) is 23.9 Å². The predicted octanol–water partition coefficient (Wildman–Crippen LogP) is 3.39. The Hall–Kier alpha value is -1.39. The lowest BCUT2D eigenvalue weighted by Crippen LogP contribution is -2.32. The number of carbonyl (C=O) groups is 3. The van der Waals surface area contributed by atoms with E-state index in [0.29, 0.717) is 12.8 Å². The summed E-state index contributed by atoms with van der Waals surface area (Å²) in [6, 6.07) is 0. The van der Waals surface area contributed by atoms with Crippen molar-refractivity contribution in [2.75, 3.05) is 0 Å². The van der Waals surface area contributed by atoms with E-state index in [4.69, 9.17) is 4.74 Å². The van der Waals surface area contributed by atoms with Gasteiger partial charge in [0.2, 0.25) is 0 Å². The average molecular weight is 300 g/mol. The third-order valence-corrected chi connectivity index (χ3v) is 2.99. The summed E-state index contributed by atoms with van der Waals surface area (Å²) in [4.78, 5) is 34.8. The average Bonchev–Trinajstić information content (AvgIpc) is 2.36. The van der Waals surface area contributed by atoms with E-state index in [9.17, 15) is 14.4 Å². The van der Waals surface area contributed by atoms with Gasteiger partial charge in [-0.25, -0.2) is 9.59 Å². The second kappa shape index (κ2) is 9.53. The summed E-state index contributed by atoms with van der Waals surface area (Å²) in [6.45, 7) is 8.91. The van der Waals surface area contributed by atoms with Crippen LogP contribution in [0.2, 0.25) is 0 Å². The number of ether oxygens (including phenoxy) is 2. The van der Waals surface area contributed by atoms with E-state index in [2.05, 4.69) is 11.7 Å². The fraction of sp³-hybridized carbons (Fsp3) is 0.812. The second-order valence-corrected chi connectivity index (χ2v) is 6.16. The number of esters is 3. The quantitative estimate of drug-likeness (QED) is 0.312. The molecule has 0 aliphatic rings. The molecule has 1 atom stereocenters. The zero-order valence-corrected chi connectivity index (χ0v) is 13.9. The molecule has 0 bridgehead atoms. The van der Waals surface area contributed by atoms with Crippen LogP contribution in [0.5, 0.6) is 0 Å². The van der Waals surface area contributed by atoms with Gasteiger partial charge in [0, 0.05) is 0 Å². The highest BCUT2D eigenvalue weighted by molar-refractivity contribution is 6.31. The van der Waals surface area contributed by atoms with Crippen LogP contribution in [0.1, 0.15) is 73.1 Å². The lowest BCUT2D eigenvalue weighted by molar-refractivity contribution is -0.180. The Morgan fingerprint density at radius 2 is 1.57 bits per heavy atom. The Bertz CT molecular complexity index is 354. The largest absolute Gasteiger partial charge is 0.452 e. The Labute approximate surface area is 127 Å². The van der Waals surface area contributed by atoms with E-state index in [1.54, 1.807) is 20.8 Å². The van der Waals surface area contributed by atoms with Gasteiger partial charge in [0.25, 0.3) is 0 Å². The Morgan fingerprint density at radius 3 is 2.05 bits per heavy atom. The third kappa shape index (κ3) is 9.21. The number of unbranched alkanes of at least 4 members (excludes halogenated alkanes) is 3. The first-order valence-corrected chi connectivity index (χ1v) is 7.70. The van der Waals surface area contributed by atoms with Crippen molar-refractivity contribution in [2.24, 2.45) is 5.92 Å². The number of hydrogen-bond acceptors (Lipinski definition) is 5. The van der Waals surface area contributed by atoms with Gasteiger partial charge >= 0.3 is 17.9 Å². The van der Waals surface area contributed by atoms with Gasteiger partial charge in [0.15, 0.2) is 0 Å². The van der Waals surface area contributed by atoms with Crippen molar-refractivity contribution in [1.82, 2.24) is 0 Å². The normalized spacial score (nSPS) is 12.6. The standard InChI is InChI=1S/C16H28O5/c1-6-8-9-10-11-12(7-2)13(17)20-14(18)15(19)21-16(3,4)5/h12H,6-11H2,1-5H3. The first-order valence-electron chi connectivity index (χ1n) is 7.70. The molecule has 0 amide bonds. The number of hydrogen-bond donors (Lipinski definition) is 0. The molecule has 0 N–H and O–H groups in total. The van der Waals surface area contributed by atoms with E-state index in [1.165, 1.54) is 0 Å². The molecule has 0 aromatic rings. The first kappa shape index (κ1) is 19.6. The van der Waals surface area contributed by atoms with Crippen LogP contribution < -0.4 is 0 Å².